The second-order valence-electron chi connectivity index (χ2n) is 4.45. The molecule has 1 aromatic carbocycles. The van der Waals surface area contributed by atoms with Gasteiger partial charge in [-0.25, -0.2) is 8.78 Å². The van der Waals surface area contributed by atoms with Gasteiger partial charge in [-0.3, -0.25) is 4.90 Å². The van der Waals surface area contributed by atoms with E-state index in [0.29, 0.717) is 5.56 Å². The average molecular weight is 241 g/mol. The van der Waals surface area contributed by atoms with Crippen LogP contribution in [-0.4, -0.2) is 18.5 Å². The Labute approximate surface area is 102 Å². The molecule has 1 rings (SSSR count). The summed E-state index contributed by atoms with van der Waals surface area (Å²) in [6.45, 7) is 5.03. The first-order valence-electron chi connectivity index (χ1n) is 6.25. The number of nitrogens with zero attached hydrogens (tertiary/aromatic N) is 1. The summed E-state index contributed by atoms with van der Waals surface area (Å²) >= 11 is 0. The van der Waals surface area contributed by atoms with Crippen LogP contribution in [0.5, 0.6) is 0 Å². The summed E-state index contributed by atoms with van der Waals surface area (Å²) in [4.78, 5) is 2.10. The molecule has 0 spiro atoms. The van der Waals surface area contributed by atoms with Crippen LogP contribution in [-0.2, 0) is 0 Å². The smallest absolute Gasteiger partial charge is 0.128 e. The molecule has 0 heterocycles. The minimum atomic E-state index is -0.368. The van der Waals surface area contributed by atoms with E-state index < -0.39 is 0 Å². The Kier molecular flexibility index (Phi) is 5.56. The van der Waals surface area contributed by atoms with Gasteiger partial charge in [0.2, 0.25) is 0 Å². The summed E-state index contributed by atoms with van der Waals surface area (Å²) in [7, 11) is 1.97. The molecule has 0 fully saturated rings. The third-order valence-corrected chi connectivity index (χ3v) is 2.99. The van der Waals surface area contributed by atoms with Crippen LogP contribution >= 0.6 is 0 Å². The zero-order valence-corrected chi connectivity index (χ0v) is 10.8. The van der Waals surface area contributed by atoms with Crippen molar-refractivity contribution >= 4 is 0 Å². The van der Waals surface area contributed by atoms with Gasteiger partial charge in [0.25, 0.3) is 0 Å². The standard InChI is InChI=1S/C14H21F2N/c1-4-6-14(17(3)9-5-2)12-10-11(15)7-8-13(12)16/h7-8,10,14H,4-6,9H2,1-3H3. The van der Waals surface area contributed by atoms with Crippen molar-refractivity contribution in [2.75, 3.05) is 13.6 Å². The highest BCUT2D eigenvalue weighted by Crippen LogP contribution is 2.27. The third-order valence-electron chi connectivity index (χ3n) is 2.99. The molecule has 1 aromatic rings. The Bertz CT molecular complexity index is 352. The number of benzene rings is 1. The van der Waals surface area contributed by atoms with Gasteiger partial charge in [-0.15, -0.1) is 0 Å². The lowest BCUT2D eigenvalue weighted by Crippen LogP contribution is -2.26. The van der Waals surface area contributed by atoms with E-state index in [1.54, 1.807) is 0 Å². The van der Waals surface area contributed by atoms with E-state index >= 15 is 0 Å². The lowest BCUT2D eigenvalue weighted by atomic mass is 10.00. The van der Waals surface area contributed by atoms with Gasteiger partial charge >= 0.3 is 0 Å². The first-order chi connectivity index (χ1) is 8.10. The SMILES string of the molecule is CCCC(c1cc(F)ccc1F)N(C)CCC. The van der Waals surface area contributed by atoms with Crippen molar-refractivity contribution in [1.82, 2.24) is 4.90 Å². The third kappa shape index (κ3) is 3.77. The fourth-order valence-electron chi connectivity index (χ4n) is 2.17. The molecule has 0 aliphatic heterocycles. The van der Waals surface area contributed by atoms with E-state index in [1.807, 2.05) is 7.05 Å². The van der Waals surface area contributed by atoms with Gasteiger partial charge in [-0.2, -0.15) is 0 Å². The molecule has 96 valence electrons. The van der Waals surface area contributed by atoms with Gasteiger partial charge in [-0.1, -0.05) is 20.3 Å². The van der Waals surface area contributed by atoms with Crippen LogP contribution in [0.1, 0.15) is 44.7 Å². The highest BCUT2D eigenvalue weighted by atomic mass is 19.1. The monoisotopic (exact) mass is 241 g/mol. The van der Waals surface area contributed by atoms with Crippen molar-refractivity contribution in [3.05, 3.63) is 35.4 Å². The predicted molar refractivity (Wildman–Crippen MR) is 66.9 cm³/mol. The molecule has 17 heavy (non-hydrogen) atoms. The maximum Gasteiger partial charge on any atom is 0.128 e. The number of hydrogen-bond donors (Lipinski definition) is 0. The van der Waals surface area contributed by atoms with Gasteiger partial charge < -0.3 is 0 Å². The van der Waals surface area contributed by atoms with Crippen LogP contribution in [0.4, 0.5) is 8.78 Å². The van der Waals surface area contributed by atoms with Crippen LogP contribution in [0.2, 0.25) is 0 Å². The van der Waals surface area contributed by atoms with E-state index in [2.05, 4.69) is 18.7 Å². The second kappa shape index (κ2) is 6.70. The molecule has 0 bridgehead atoms. The van der Waals surface area contributed by atoms with Crippen molar-refractivity contribution in [3.63, 3.8) is 0 Å². The largest absolute Gasteiger partial charge is 0.299 e. The minimum Gasteiger partial charge on any atom is -0.299 e. The van der Waals surface area contributed by atoms with Gasteiger partial charge in [0.1, 0.15) is 11.6 Å². The predicted octanol–water partition coefficient (Wildman–Crippen LogP) is 4.15. The lowest BCUT2D eigenvalue weighted by Gasteiger charge is -2.28. The molecule has 0 saturated carbocycles. The number of hydrogen-bond acceptors (Lipinski definition) is 1. The molecule has 0 aliphatic carbocycles. The molecule has 0 amide bonds. The van der Waals surface area contributed by atoms with E-state index in [1.165, 1.54) is 18.2 Å². The van der Waals surface area contributed by atoms with E-state index in [-0.39, 0.29) is 17.7 Å². The summed E-state index contributed by atoms with van der Waals surface area (Å²) in [5.74, 6) is -0.680. The molecule has 3 heteroatoms. The first kappa shape index (κ1) is 14.1. The van der Waals surface area contributed by atoms with E-state index in [9.17, 15) is 8.78 Å². The molecule has 0 N–H and O–H groups in total. The first-order valence-corrected chi connectivity index (χ1v) is 6.25. The van der Waals surface area contributed by atoms with E-state index in [0.717, 1.165) is 25.8 Å². The topological polar surface area (TPSA) is 3.24 Å². The Morgan fingerprint density at radius 2 is 1.88 bits per heavy atom. The van der Waals surface area contributed by atoms with Crippen LogP contribution in [0.15, 0.2) is 18.2 Å². The molecule has 1 unspecified atom stereocenters. The molecule has 1 nitrogen and oxygen atoms in total. The molecule has 0 saturated heterocycles. The quantitative estimate of drug-likeness (QED) is 0.723. The second-order valence-corrected chi connectivity index (χ2v) is 4.45. The van der Waals surface area contributed by atoms with Crippen LogP contribution < -0.4 is 0 Å². The summed E-state index contributed by atoms with van der Waals surface area (Å²) in [5, 5.41) is 0. The molecular weight excluding hydrogens is 220 g/mol. The summed E-state index contributed by atoms with van der Waals surface area (Å²) in [6.07, 6.45) is 2.80. The average Bonchev–Trinajstić information content (AvgIpc) is 2.30. The molecule has 0 radical (unpaired) electrons. The van der Waals surface area contributed by atoms with Gasteiger partial charge in [0.05, 0.1) is 0 Å². The Morgan fingerprint density at radius 3 is 2.47 bits per heavy atom. The molecule has 0 aliphatic rings. The van der Waals surface area contributed by atoms with Crippen molar-refractivity contribution in [2.24, 2.45) is 0 Å². The highest BCUT2D eigenvalue weighted by Gasteiger charge is 2.19. The van der Waals surface area contributed by atoms with Crippen LogP contribution in [0, 0.1) is 11.6 Å². The summed E-state index contributed by atoms with van der Waals surface area (Å²) in [5.41, 5.74) is 0.475. The maximum absolute atomic E-state index is 13.8. The fourth-order valence-corrected chi connectivity index (χ4v) is 2.17. The molecular formula is C14H21F2N. The fraction of sp³-hybridized carbons (Fsp3) is 0.571. The van der Waals surface area contributed by atoms with Crippen LogP contribution in [0.3, 0.4) is 0 Å². The van der Waals surface area contributed by atoms with Crippen molar-refractivity contribution in [2.45, 2.75) is 39.2 Å². The maximum atomic E-state index is 13.8. The van der Waals surface area contributed by atoms with Crippen molar-refractivity contribution < 1.29 is 8.78 Å². The zero-order chi connectivity index (χ0) is 12.8. The van der Waals surface area contributed by atoms with Gasteiger partial charge in [-0.05, 0) is 44.6 Å². The number of halogens is 2. The van der Waals surface area contributed by atoms with Crippen molar-refractivity contribution in [3.8, 4) is 0 Å². The Morgan fingerprint density at radius 1 is 1.18 bits per heavy atom. The minimum absolute atomic E-state index is 0.0318. The Balaban J connectivity index is 2.99. The van der Waals surface area contributed by atoms with Gasteiger partial charge in [0.15, 0.2) is 0 Å². The summed E-state index contributed by atoms with van der Waals surface area (Å²) < 4.78 is 27.0. The van der Waals surface area contributed by atoms with Crippen LogP contribution in [0.25, 0.3) is 0 Å². The van der Waals surface area contributed by atoms with E-state index in [4.69, 9.17) is 0 Å². The number of rotatable bonds is 6. The summed E-state index contributed by atoms with van der Waals surface area (Å²) in [6, 6.07) is 3.67. The molecule has 0 aromatic heterocycles. The van der Waals surface area contributed by atoms with Gasteiger partial charge in [0, 0.05) is 11.6 Å². The lowest BCUT2D eigenvalue weighted by molar-refractivity contribution is 0.226. The normalized spacial score (nSPS) is 13.1. The Hall–Kier alpha value is -0.960. The van der Waals surface area contributed by atoms with Crippen molar-refractivity contribution in [1.29, 1.82) is 0 Å². The molecule has 1 atom stereocenters. The zero-order valence-electron chi connectivity index (χ0n) is 10.8. The highest BCUT2D eigenvalue weighted by molar-refractivity contribution is 5.22.